The van der Waals surface area contributed by atoms with Crippen molar-refractivity contribution in [1.29, 1.82) is 0 Å². The van der Waals surface area contributed by atoms with Crippen molar-refractivity contribution < 1.29 is 9.59 Å². The van der Waals surface area contributed by atoms with E-state index in [0.717, 1.165) is 25.7 Å². The SMILES string of the molecule is CC(=O)C1CC2(CC(C)C(C(C)=O)C2)C(C)CC1C. The minimum Gasteiger partial charge on any atom is -0.300 e. The van der Waals surface area contributed by atoms with Gasteiger partial charge in [0.2, 0.25) is 0 Å². The van der Waals surface area contributed by atoms with E-state index in [1.165, 1.54) is 0 Å². The third-order valence-electron chi connectivity index (χ3n) is 6.17. The summed E-state index contributed by atoms with van der Waals surface area (Å²) < 4.78 is 0. The van der Waals surface area contributed by atoms with Crippen LogP contribution in [-0.4, -0.2) is 11.6 Å². The van der Waals surface area contributed by atoms with Gasteiger partial charge in [0, 0.05) is 11.8 Å². The number of ketones is 2. The van der Waals surface area contributed by atoms with Gasteiger partial charge in [-0.2, -0.15) is 0 Å². The standard InChI is InChI=1S/C17H28O2/c1-10-6-12(3)17(8-15(10)13(4)18)7-11(2)16(9-17)14(5)19/h10-12,15-16H,6-9H2,1-5H3. The number of rotatable bonds is 2. The smallest absolute Gasteiger partial charge is 0.133 e. The molecule has 2 fully saturated rings. The Morgan fingerprint density at radius 1 is 0.842 bits per heavy atom. The first-order valence-electron chi connectivity index (χ1n) is 7.77. The number of Topliss-reactive ketones (excluding diaryl/α,β-unsaturated/α-hetero) is 2. The average Bonchev–Trinajstić information content (AvgIpc) is 2.62. The van der Waals surface area contributed by atoms with Gasteiger partial charge < -0.3 is 0 Å². The van der Waals surface area contributed by atoms with E-state index < -0.39 is 0 Å². The maximum absolute atomic E-state index is 11.9. The number of hydrogen-bond donors (Lipinski definition) is 0. The molecule has 2 aliphatic rings. The Kier molecular flexibility index (Phi) is 3.90. The highest BCUT2D eigenvalue weighted by molar-refractivity contribution is 5.80. The maximum Gasteiger partial charge on any atom is 0.133 e. The summed E-state index contributed by atoms with van der Waals surface area (Å²) in [4.78, 5) is 23.7. The topological polar surface area (TPSA) is 34.1 Å². The van der Waals surface area contributed by atoms with Gasteiger partial charge in [0.15, 0.2) is 0 Å². The van der Waals surface area contributed by atoms with E-state index in [0.29, 0.717) is 29.3 Å². The molecule has 2 saturated carbocycles. The van der Waals surface area contributed by atoms with Crippen molar-refractivity contribution in [1.82, 2.24) is 0 Å². The van der Waals surface area contributed by atoms with Crippen molar-refractivity contribution in [2.75, 3.05) is 0 Å². The summed E-state index contributed by atoms with van der Waals surface area (Å²) >= 11 is 0. The summed E-state index contributed by atoms with van der Waals surface area (Å²) in [7, 11) is 0. The largest absolute Gasteiger partial charge is 0.300 e. The number of carbonyl (C=O) groups is 2. The molecule has 0 N–H and O–H groups in total. The molecule has 1 spiro atoms. The Labute approximate surface area is 117 Å². The van der Waals surface area contributed by atoms with Gasteiger partial charge in [0.05, 0.1) is 0 Å². The van der Waals surface area contributed by atoms with Gasteiger partial charge in [0.1, 0.15) is 11.6 Å². The van der Waals surface area contributed by atoms with Crippen LogP contribution in [0.25, 0.3) is 0 Å². The van der Waals surface area contributed by atoms with Crippen LogP contribution in [0.4, 0.5) is 0 Å². The first kappa shape index (κ1) is 14.7. The molecule has 108 valence electrons. The highest BCUT2D eigenvalue weighted by Gasteiger charge is 2.52. The summed E-state index contributed by atoms with van der Waals surface area (Å²) in [6, 6.07) is 0. The van der Waals surface area contributed by atoms with Gasteiger partial charge in [-0.05, 0) is 62.7 Å². The minimum atomic E-state index is 0.217. The van der Waals surface area contributed by atoms with E-state index >= 15 is 0 Å². The van der Waals surface area contributed by atoms with Crippen LogP contribution in [0.3, 0.4) is 0 Å². The molecule has 0 bridgehead atoms. The van der Waals surface area contributed by atoms with Gasteiger partial charge >= 0.3 is 0 Å². The molecular formula is C17H28O2. The van der Waals surface area contributed by atoms with Gasteiger partial charge in [-0.1, -0.05) is 20.8 Å². The Bertz CT molecular complexity index is 387. The molecule has 0 aromatic rings. The summed E-state index contributed by atoms with van der Waals surface area (Å²) in [5.41, 5.74) is 0.249. The van der Waals surface area contributed by atoms with Crippen LogP contribution in [0.5, 0.6) is 0 Å². The third-order valence-corrected chi connectivity index (χ3v) is 6.17. The second kappa shape index (κ2) is 5.03. The van der Waals surface area contributed by atoms with Crippen LogP contribution in [0.2, 0.25) is 0 Å². The molecule has 6 atom stereocenters. The van der Waals surface area contributed by atoms with Crippen molar-refractivity contribution in [3.63, 3.8) is 0 Å². The van der Waals surface area contributed by atoms with Gasteiger partial charge in [-0.15, -0.1) is 0 Å². The predicted molar refractivity (Wildman–Crippen MR) is 76.7 cm³/mol. The van der Waals surface area contributed by atoms with Crippen LogP contribution in [-0.2, 0) is 9.59 Å². The molecule has 0 amide bonds. The Morgan fingerprint density at radius 2 is 1.32 bits per heavy atom. The normalized spacial score (nSPS) is 46.5. The van der Waals surface area contributed by atoms with Crippen LogP contribution < -0.4 is 0 Å². The highest BCUT2D eigenvalue weighted by atomic mass is 16.1. The fraction of sp³-hybridized carbons (Fsp3) is 0.882. The van der Waals surface area contributed by atoms with Crippen molar-refractivity contribution >= 4 is 11.6 Å². The highest BCUT2D eigenvalue weighted by Crippen LogP contribution is 2.58. The second-order valence-corrected chi connectivity index (χ2v) is 7.50. The van der Waals surface area contributed by atoms with Crippen LogP contribution in [0, 0.1) is 35.0 Å². The van der Waals surface area contributed by atoms with E-state index in [2.05, 4.69) is 20.8 Å². The van der Waals surface area contributed by atoms with Crippen LogP contribution >= 0.6 is 0 Å². The predicted octanol–water partition coefficient (Wildman–Crippen LogP) is 3.88. The first-order valence-corrected chi connectivity index (χ1v) is 7.77. The van der Waals surface area contributed by atoms with Gasteiger partial charge in [-0.25, -0.2) is 0 Å². The molecule has 2 rings (SSSR count). The molecule has 2 aliphatic carbocycles. The van der Waals surface area contributed by atoms with Crippen molar-refractivity contribution in [2.45, 2.75) is 60.3 Å². The summed E-state index contributed by atoms with van der Waals surface area (Å²) in [6.07, 6.45) is 4.30. The summed E-state index contributed by atoms with van der Waals surface area (Å²) in [5, 5.41) is 0. The lowest BCUT2D eigenvalue weighted by Gasteiger charge is -2.46. The van der Waals surface area contributed by atoms with Gasteiger partial charge in [0.25, 0.3) is 0 Å². The Balaban J connectivity index is 2.23. The molecule has 0 aromatic carbocycles. The lowest BCUT2D eigenvalue weighted by atomic mass is 9.58. The first-order chi connectivity index (χ1) is 8.77. The average molecular weight is 264 g/mol. The summed E-state index contributed by atoms with van der Waals surface area (Å²) in [5.74, 6) is 2.76. The summed E-state index contributed by atoms with van der Waals surface area (Å²) in [6.45, 7) is 10.2. The van der Waals surface area contributed by atoms with Crippen molar-refractivity contribution in [2.24, 2.45) is 35.0 Å². The third kappa shape index (κ3) is 2.51. The molecule has 2 heteroatoms. The second-order valence-electron chi connectivity index (χ2n) is 7.50. The number of carbonyl (C=O) groups excluding carboxylic acids is 2. The minimum absolute atomic E-state index is 0.217. The zero-order valence-electron chi connectivity index (χ0n) is 13.0. The quantitative estimate of drug-likeness (QED) is 0.758. The fourth-order valence-electron chi connectivity index (χ4n) is 4.98. The van der Waals surface area contributed by atoms with Gasteiger partial charge in [-0.3, -0.25) is 9.59 Å². The Morgan fingerprint density at radius 3 is 1.74 bits per heavy atom. The monoisotopic (exact) mass is 264 g/mol. The molecule has 6 unspecified atom stereocenters. The molecule has 0 radical (unpaired) electrons. The maximum atomic E-state index is 11.9. The van der Waals surface area contributed by atoms with Crippen LogP contribution in [0.1, 0.15) is 60.3 Å². The molecule has 0 aromatic heterocycles. The Hall–Kier alpha value is -0.660. The van der Waals surface area contributed by atoms with E-state index in [1.54, 1.807) is 13.8 Å². The lowest BCUT2D eigenvalue weighted by molar-refractivity contribution is -0.126. The number of hydrogen-bond acceptors (Lipinski definition) is 2. The lowest BCUT2D eigenvalue weighted by Crippen LogP contribution is -2.40. The fourth-order valence-corrected chi connectivity index (χ4v) is 4.98. The van der Waals surface area contributed by atoms with Crippen molar-refractivity contribution in [3.8, 4) is 0 Å². The molecule has 0 saturated heterocycles. The van der Waals surface area contributed by atoms with E-state index in [9.17, 15) is 9.59 Å². The van der Waals surface area contributed by atoms with E-state index in [1.807, 2.05) is 0 Å². The van der Waals surface area contributed by atoms with Crippen molar-refractivity contribution in [3.05, 3.63) is 0 Å². The zero-order valence-corrected chi connectivity index (χ0v) is 13.0. The van der Waals surface area contributed by atoms with E-state index in [4.69, 9.17) is 0 Å². The molecular weight excluding hydrogens is 236 g/mol. The van der Waals surface area contributed by atoms with Crippen LogP contribution in [0.15, 0.2) is 0 Å². The molecule has 2 nitrogen and oxygen atoms in total. The molecule has 0 heterocycles. The molecule has 0 aliphatic heterocycles. The molecule has 19 heavy (non-hydrogen) atoms. The zero-order chi connectivity index (χ0) is 14.4. The van der Waals surface area contributed by atoms with E-state index in [-0.39, 0.29) is 17.3 Å².